The summed E-state index contributed by atoms with van der Waals surface area (Å²) in [6, 6.07) is 9.55. The maximum absolute atomic E-state index is 12.2. The van der Waals surface area contributed by atoms with E-state index in [0.717, 1.165) is 12.0 Å². The Bertz CT molecular complexity index is 484. The zero-order valence-electron chi connectivity index (χ0n) is 15.9. The van der Waals surface area contributed by atoms with E-state index in [1.54, 1.807) is 4.90 Å². The first-order valence-electron chi connectivity index (χ1n) is 9.06. The van der Waals surface area contributed by atoms with Crippen molar-refractivity contribution in [3.8, 4) is 0 Å². The summed E-state index contributed by atoms with van der Waals surface area (Å²) in [6.45, 7) is 9.62. The maximum atomic E-state index is 12.2. The van der Waals surface area contributed by atoms with Crippen LogP contribution in [0.15, 0.2) is 30.3 Å². The van der Waals surface area contributed by atoms with Gasteiger partial charge in [-0.2, -0.15) is 0 Å². The van der Waals surface area contributed by atoms with Gasteiger partial charge in [-0.1, -0.05) is 37.3 Å². The highest BCUT2D eigenvalue weighted by Gasteiger charge is 2.52. The zero-order valence-corrected chi connectivity index (χ0v) is 16.9. The molecule has 0 heterocycles. The number of urea groups is 1. The minimum absolute atomic E-state index is 0.298. The quantitative estimate of drug-likeness (QED) is 0.576. The maximum Gasteiger partial charge on any atom is 0.524 e. The van der Waals surface area contributed by atoms with Crippen LogP contribution in [0.25, 0.3) is 0 Å². The van der Waals surface area contributed by atoms with Gasteiger partial charge in [0.25, 0.3) is 0 Å². The van der Waals surface area contributed by atoms with E-state index in [4.69, 9.17) is 19.0 Å². The summed E-state index contributed by atoms with van der Waals surface area (Å²) in [5, 5.41) is 0. The molecule has 0 saturated heterocycles. The Hall–Kier alpha value is -1.41. The molecule has 0 unspecified atom stereocenters. The highest BCUT2D eigenvalue weighted by Crippen LogP contribution is 2.23. The molecule has 6 nitrogen and oxygen atoms in total. The van der Waals surface area contributed by atoms with Crippen LogP contribution in [-0.2, 0) is 19.7 Å². The number of hydrogen-bond donors (Lipinski definition) is 1. The second-order valence-electron chi connectivity index (χ2n) is 5.59. The van der Waals surface area contributed by atoms with Crippen molar-refractivity contribution in [1.29, 1.82) is 0 Å². The van der Waals surface area contributed by atoms with Gasteiger partial charge in [0.2, 0.25) is 0 Å². The number of carbonyl (C=O) groups excluding carboxylic acids is 1. The number of hydrogen-bond acceptors (Lipinski definition) is 4. The number of benzene rings is 1. The van der Waals surface area contributed by atoms with Crippen molar-refractivity contribution < 1.29 is 18.1 Å². The molecule has 0 aromatic heterocycles. The van der Waals surface area contributed by atoms with E-state index in [2.05, 4.69) is 0 Å². The molecule has 1 aromatic rings. The molecule has 7 heteroatoms. The molecule has 0 saturated carbocycles. The molecule has 2 N–H and O–H groups in total. The molecule has 0 radical (unpaired) electrons. The minimum atomic E-state index is -3.06. The fourth-order valence-electron chi connectivity index (χ4n) is 2.99. The Labute approximate surface area is 152 Å². The van der Waals surface area contributed by atoms with E-state index in [1.165, 1.54) is 0 Å². The molecular weight excluding hydrogens is 336 g/mol. The standard InChI is InChI=1S/C18H32N2O4Si/c1-5-17(25(22-6-2,23-7-3)24-8-4)20(18(19)21)15-14-16-12-10-9-11-13-16/h9-13,17H,5-8,14-15H2,1-4H3,(H2,19,21)/t17-/m1/s1. The van der Waals surface area contributed by atoms with Crippen LogP contribution in [-0.4, -0.2) is 51.8 Å². The van der Waals surface area contributed by atoms with Crippen LogP contribution >= 0.6 is 0 Å². The van der Waals surface area contributed by atoms with Gasteiger partial charge in [-0.15, -0.1) is 0 Å². The molecule has 1 aromatic carbocycles. The Balaban J connectivity index is 3.05. The second-order valence-corrected chi connectivity index (χ2v) is 8.33. The van der Waals surface area contributed by atoms with Crippen LogP contribution in [0.3, 0.4) is 0 Å². The van der Waals surface area contributed by atoms with E-state index in [1.807, 2.05) is 58.0 Å². The Morgan fingerprint density at radius 3 is 1.96 bits per heavy atom. The fourth-order valence-corrected chi connectivity index (χ4v) is 6.16. The van der Waals surface area contributed by atoms with E-state index in [9.17, 15) is 4.79 Å². The summed E-state index contributed by atoms with van der Waals surface area (Å²) in [5.74, 6) is 0. The largest absolute Gasteiger partial charge is 0.524 e. The number of nitrogens with zero attached hydrogens (tertiary/aromatic N) is 1. The average Bonchev–Trinajstić information content (AvgIpc) is 2.59. The van der Waals surface area contributed by atoms with E-state index in [0.29, 0.717) is 32.8 Å². The molecule has 0 spiro atoms. The van der Waals surface area contributed by atoms with Crippen LogP contribution in [0, 0.1) is 0 Å². The lowest BCUT2D eigenvalue weighted by molar-refractivity contribution is 0.0410. The van der Waals surface area contributed by atoms with Crippen LogP contribution in [0.4, 0.5) is 4.79 Å². The first-order valence-corrected chi connectivity index (χ1v) is 10.9. The molecule has 0 bridgehead atoms. The molecule has 0 aliphatic heterocycles. The fraction of sp³-hybridized carbons (Fsp3) is 0.611. The molecular formula is C18H32N2O4Si. The van der Waals surface area contributed by atoms with Gasteiger partial charge < -0.3 is 23.9 Å². The smallest absolute Gasteiger partial charge is 0.373 e. The molecule has 0 aliphatic rings. The van der Waals surface area contributed by atoms with E-state index in [-0.39, 0.29) is 5.67 Å². The summed E-state index contributed by atoms with van der Waals surface area (Å²) < 4.78 is 18.0. The number of rotatable bonds is 12. The second kappa shape index (κ2) is 11.3. The van der Waals surface area contributed by atoms with Gasteiger partial charge >= 0.3 is 14.8 Å². The third kappa shape index (κ3) is 6.11. The predicted molar refractivity (Wildman–Crippen MR) is 101 cm³/mol. The average molecular weight is 369 g/mol. The van der Waals surface area contributed by atoms with Gasteiger partial charge in [0.15, 0.2) is 0 Å². The van der Waals surface area contributed by atoms with E-state index < -0.39 is 14.8 Å². The van der Waals surface area contributed by atoms with Crippen molar-refractivity contribution in [2.75, 3.05) is 26.4 Å². The van der Waals surface area contributed by atoms with Gasteiger partial charge in [-0.3, -0.25) is 0 Å². The van der Waals surface area contributed by atoms with Gasteiger partial charge in [0.1, 0.15) is 5.67 Å². The molecule has 2 amide bonds. The summed E-state index contributed by atoms with van der Waals surface area (Å²) in [4.78, 5) is 13.8. The molecule has 25 heavy (non-hydrogen) atoms. The van der Waals surface area contributed by atoms with Crippen molar-refractivity contribution >= 4 is 14.8 Å². The zero-order chi connectivity index (χ0) is 18.7. The van der Waals surface area contributed by atoms with Gasteiger partial charge in [0.05, 0.1) is 0 Å². The normalized spacial score (nSPS) is 12.8. The monoisotopic (exact) mass is 368 g/mol. The summed E-state index contributed by atoms with van der Waals surface area (Å²) >= 11 is 0. The third-order valence-electron chi connectivity index (χ3n) is 3.97. The molecule has 142 valence electrons. The molecule has 0 fully saturated rings. The van der Waals surface area contributed by atoms with Crippen LogP contribution < -0.4 is 5.73 Å². The van der Waals surface area contributed by atoms with Crippen molar-refractivity contribution in [2.45, 2.75) is 46.2 Å². The number of amides is 2. The SMILES string of the molecule is CCO[Si](OCC)(OCC)[C@H](CC)N(CCc1ccccc1)C(N)=O. The van der Waals surface area contributed by atoms with Crippen molar-refractivity contribution in [3.63, 3.8) is 0 Å². The van der Waals surface area contributed by atoms with E-state index >= 15 is 0 Å². The van der Waals surface area contributed by atoms with Crippen molar-refractivity contribution in [2.24, 2.45) is 5.73 Å². The first kappa shape index (κ1) is 21.6. The van der Waals surface area contributed by atoms with Crippen LogP contribution in [0.1, 0.15) is 39.7 Å². The lowest BCUT2D eigenvalue weighted by atomic mass is 10.1. The van der Waals surface area contributed by atoms with Gasteiger partial charge in [-0.25, -0.2) is 4.79 Å². The van der Waals surface area contributed by atoms with Crippen LogP contribution in [0.5, 0.6) is 0 Å². The molecule has 1 rings (SSSR count). The molecule has 0 aliphatic carbocycles. The summed E-state index contributed by atoms with van der Waals surface area (Å²) in [6.07, 6.45) is 1.37. The summed E-state index contributed by atoms with van der Waals surface area (Å²) in [5.41, 5.74) is 6.56. The first-order chi connectivity index (χ1) is 12.0. The van der Waals surface area contributed by atoms with Gasteiger partial charge in [-0.05, 0) is 39.2 Å². The lowest BCUT2D eigenvalue weighted by Gasteiger charge is -2.40. The number of primary amides is 1. The number of nitrogens with two attached hydrogens (primary N) is 1. The summed E-state index contributed by atoms with van der Waals surface area (Å²) in [7, 11) is -3.06. The third-order valence-corrected chi connectivity index (χ3v) is 7.58. The Morgan fingerprint density at radius 1 is 1.04 bits per heavy atom. The molecule has 1 atom stereocenters. The predicted octanol–water partition coefficient (Wildman–Crippen LogP) is 2.98. The number of carbonyl (C=O) groups is 1. The minimum Gasteiger partial charge on any atom is -0.373 e. The highest BCUT2D eigenvalue weighted by molar-refractivity contribution is 6.62. The highest BCUT2D eigenvalue weighted by atomic mass is 28.4. The van der Waals surface area contributed by atoms with Crippen molar-refractivity contribution in [1.82, 2.24) is 4.90 Å². The van der Waals surface area contributed by atoms with Crippen LogP contribution in [0.2, 0.25) is 0 Å². The van der Waals surface area contributed by atoms with Crippen molar-refractivity contribution in [3.05, 3.63) is 35.9 Å². The lowest BCUT2D eigenvalue weighted by Crippen LogP contribution is -2.65. The Kier molecular flexibility index (Phi) is 9.73. The Morgan fingerprint density at radius 2 is 1.56 bits per heavy atom. The topological polar surface area (TPSA) is 74.0 Å². The van der Waals surface area contributed by atoms with Gasteiger partial charge in [0, 0.05) is 26.4 Å².